The van der Waals surface area contributed by atoms with Crippen molar-refractivity contribution in [3.05, 3.63) is 70.1 Å². The Morgan fingerprint density at radius 3 is 2.52 bits per heavy atom. The van der Waals surface area contributed by atoms with E-state index in [1.54, 1.807) is 12.1 Å². The molecular formula is C20H17N5O6. The van der Waals surface area contributed by atoms with Crippen LogP contribution in [0.2, 0.25) is 0 Å². The van der Waals surface area contributed by atoms with Gasteiger partial charge in [0.15, 0.2) is 0 Å². The number of carbonyl (C=O) groups is 3. The molecule has 2 aromatic carbocycles. The molecule has 1 aromatic heterocycles. The van der Waals surface area contributed by atoms with Crippen LogP contribution in [0.3, 0.4) is 0 Å². The molecule has 158 valence electrons. The van der Waals surface area contributed by atoms with Crippen molar-refractivity contribution in [2.75, 3.05) is 5.32 Å². The van der Waals surface area contributed by atoms with Gasteiger partial charge in [0.05, 0.1) is 11.3 Å². The van der Waals surface area contributed by atoms with Crippen molar-refractivity contribution in [3.8, 4) is 5.75 Å². The Balaban J connectivity index is 2.00. The number of fused-ring (bicyclic) bond motifs is 1. The number of carbonyl (C=O) groups excluding carboxylic acids is 3. The van der Waals surface area contributed by atoms with Crippen LogP contribution >= 0.6 is 0 Å². The van der Waals surface area contributed by atoms with Gasteiger partial charge in [-0.1, -0.05) is 12.1 Å². The van der Waals surface area contributed by atoms with Gasteiger partial charge in [0.1, 0.15) is 17.0 Å². The number of aromatic hydroxyl groups is 1. The first-order valence-electron chi connectivity index (χ1n) is 8.82. The quantitative estimate of drug-likeness (QED) is 0.221. The fourth-order valence-electron chi connectivity index (χ4n) is 2.84. The van der Waals surface area contributed by atoms with Crippen LogP contribution in [0.15, 0.2) is 62.8 Å². The SMILES string of the molecule is NC(=O)N/N=C(/Cc1cc(=O)oc2cc(O)ccc12)C(=O)Nc1ccccc1C(N)=O. The van der Waals surface area contributed by atoms with Gasteiger partial charge in [-0.15, -0.1) is 0 Å². The number of urea groups is 1. The van der Waals surface area contributed by atoms with Crippen molar-refractivity contribution >= 4 is 40.2 Å². The van der Waals surface area contributed by atoms with E-state index in [9.17, 15) is 24.3 Å². The number of rotatable bonds is 6. The second kappa shape index (κ2) is 8.78. The first-order chi connectivity index (χ1) is 14.7. The molecule has 1 heterocycles. The predicted molar refractivity (Wildman–Crippen MR) is 112 cm³/mol. The van der Waals surface area contributed by atoms with Gasteiger partial charge in [0, 0.05) is 23.9 Å². The van der Waals surface area contributed by atoms with Crippen LogP contribution in [0.25, 0.3) is 11.0 Å². The lowest BCUT2D eigenvalue weighted by atomic mass is 10.0. The van der Waals surface area contributed by atoms with Gasteiger partial charge in [-0.05, 0) is 29.8 Å². The molecule has 0 saturated carbocycles. The van der Waals surface area contributed by atoms with Gasteiger partial charge in [-0.2, -0.15) is 5.10 Å². The highest BCUT2D eigenvalue weighted by atomic mass is 16.4. The molecule has 0 aliphatic carbocycles. The lowest BCUT2D eigenvalue weighted by Gasteiger charge is -2.11. The Labute approximate surface area is 174 Å². The van der Waals surface area contributed by atoms with Crippen LogP contribution in [0.5, 0.6) is 5.75 Å². The molecule has 0 fully saturated rings. The number of anilines is 1. The average Bonchev–Trinajstić information content (AvgIpc) is 2.70. The van der Waals surface area contributed by atoms with E-state index in [0.29, 0.717) is 10.9 Å². The summed E-state index contributed by atoms with van der Waals surface area (Å²) < 4.78 is 5.06. The number of hydrazone groups is 1. The highest BCUT2D eigenvalue weighted by Gasteiger charge is 2.18. The molecule has 0 unspecified atom stereocenters. The van der Waals surface area contributed by atoms with Gasteiger partial charge in [-0.3, -0.25) is 9.59 Å². The molecule has 0 atom stereocenters. The Hall–Kier alpha value is -4.67. The van der Waals surface area contributed by atoms with E-state index in [1.165, 1.54) is 30.3 Å². The van der Waals surface area contributed by atoms with Crippen molar-refractivity contribution in [1.82, 2.24) is 5.43 Å². The third-order valence-electron chi connectivity index (χ3n) is 4.18. The van der Waals surface area contributed by atoms with Crippen molar-refractivity contribution in [2.45, 2.75) is 6.42 Å². The van der Waals surface area contributed by atoms with E-state index in [4.69, 9.17) is 15.9 Å². The monoisotopic (exact) mass is 423 g/mol. The van der Waals surface area contributed by atoms with Crippen LogP contribution < -0.4 is 27.8 Å². The minimum atomic E-state index is -1.01. The van der Waals surface area contributed by atoms with Crippen molar-refractivity contribution in [3.63, 3.8) is 0 Å². The maximum atomic E-state index is 12.9. The third-order valence-corrected chi connectivity index (χ3v) is 4.18. The summed E-state index contributed by atoms with van der Waals surface area (Å²) in [5.74, 6) is -1.64. The number of nitrogens with two attached hydrogens (primary N) is 2. The average molecular weight is 423 g/mol. The van der Waals surface area contributed by atoms with E-state index in [2.05, 4.69) is 10.4 Å². The largest absolute Gasteiger partial charge is 0.508 e. The van der Waals surface area contributed by atoms with E-state index < -0.39 is 23.5 Å². The number of phenols is 1. The number of para-hydroxylation sites is 1. The van der Waals surface area contributed by atoms with Crippen molar-refractivity contribution in [2.24, 2.45) is 16.6 Å². The van der Waals surface area contributed by atoms with Crippen LogP contribution in [0.1, 0.15) is 15.9 Å². The molecular weight excluding hydrogens is 406 g/mol. The number of phenolic OH excluding ortho intramolecular Hbond substituents is 1. The Morgan fingerprint density at radius 2 is 1.81 bits per heavy atom. The number of hydrogen-bond donors (Lipinski definition) is 5. The highest BCUT2D eigenvalue weighted by Crippen LogP contribution is 2.22. The molecule has 0 radical (unpaired) electrons. The third kappa shape index (κ3) is 5.03. The summed E-state index contributed by atoms with van der Waals surface area (Å²) in [5, 5.41) is 16.3. The van der Waals surface area contributed by atoms with Crippen LogP contribution in [0, 0.1) is 0 Å². The standard InChI is InChI=1S/C20H17N5O6/c21-18(28)13-3-1-2-4-14(13)23-19(29)15(24-25-20(22)30)7-10-8-17(27)31-16-9-11(26)5-6-12(10)16/h1-6,8-9,26H,7H2,(H2,21,28)(H,23,29)(H3,22,25,30)/b24-15-. The minimum Gasteiger partial charge on any atom is -0.508 e. The van der Waals surface area contributed by atoms with Crippen molar-refractivity contribution in [1.29, 1.82) is 0 Å². The number of primary amides is 2. The fourth-order valence-corrected chi connectivity index (χ4v) is 2.84. The summed E-state index contributed by atoms with van der Waals surface area (Å²) in [6.07, 6.45) is -0.211. The van der Waals surface area contributed by atoms with Crippen LogP contribution in [-0.4, -0.2) is 28.7 Å². The van der Waals surface area contributed by atoms with Crippen LogP contribution in [0.4, 0.5) is 10.5 Å². The molecule has 0 aliphatic rings. The van der Waals surface area contributed by atoms with Gasteiger partial charge in [-0.25, -0.2) is 15.0 Å². The summed E-state index contributed by atoms with van der Waals surface area (Å²) >= 11 is 0. The van der Waals surface area contributed by atoms with E-state index in [-0.39, 0.29) is 34.7 Å². The molecule has 31 heavy (non-hydrogen) atoms. The molecule has 11 nitrogen and oxygen atoms in total. The Bertz CT molecular complexity index is 1280. The van der Waals surface area contributed by atoms with E-state index in [0.717, 1.165) is 6.07 Å². The molecule has 0 aliphatic heterocycles. The lowest BCUT2D eigenvalue weighted by molar-refractivity contribution is -0.110. The zero-order valence-corrected chi connectivity index (χ0v) is 15.9. The fraction of sp³-hybridized carbons (Fsp3) is 0.0500. The van der Waals surface area contributed by atoms with Gasteiger partial charge in [0.25, 0.3) is 11.8 Å². The first-order valence-corrected chi connectivity index (χ1v) is 8.82. The normalized spacial score (nSPS) is 11.2. The lowest BCUT2D eigenvalue weighted by Crippen LogP contribution is -2.32. The van der Waals surface area contributed by atoms with Gasteiger partial charge >= 0.3 is 11.7 Å². The van der Waals surface area contributed by atoms with E-state index in [1.807, 2.05) is 5.43 Å². The molecule has 0 bridgehead atoms. The smallest absolute Gasteiger partial charge is 0.336 e. The molecule has 11 heteroatoms. The molecule has 4 amide bonds. The highest BCUT2D eigenvalue weighted by molar-refractivity contribution is 6.44. The van der Waals surface area contributed by atoms with Crippen LogP contribution in [-0.2, 0) is 11.2 Å². The molecule has 0 saturated heterocycles. The van der Waals surface area contributed by atoms with Crippen molar-refractivity contribution < 1.29 is 23.9 Å². The maximum Gasteiger partial charge on any atom is 0.336 e. The topological polar surface area (TPSA) is 190 Å². The number of amides is 4. The zero-order valence-electron chi connectivity index (χ0n) is 15.9. The molecule has 7 N–H and O–H groups in total. The number of hydrogen-bond acceptors (Lipinski definition) is 7. The maximum absolute atomic E-state index is 12.9. The summed E-state index contributed by atoms with van der Waals surface area (Å²) in [5.41, 5.74) is 12.0. The predicted octanol–water partition coefficient (Wildman–Crippen LogP) is 0.803. The second-order valence-electron chi connectivity index (χ2n) is 6.35. The van der Waals surface area contributed by atoms with Gasteiger partial charge in [0.2, 0.25) is 0 Å². The number of nitrogens with zero attached hydrogens (tertiary/aromatic N) is 1. The summed E-state index contributed by atoms with van der Waals surface area (Å²) in [4.78, 5) is 47.5. The summed E-state index contributed by atoms with van der Waals surface area (Å²) in [7, 11) is 0. The molecule has 3 aromatic rings. The zero-order chi connectivity index (χ0) is 22.5. The van der Waals surface area contributed by atoms with E-state index >= 15 is 0 Å². The number of benzene rings is 2. The first kappa shape index (κ1) is 21.0. The molecule has 3 rings (SSSR count). The summed E-state index contributed by atoms with van der Waals surface area (Å²) in [6, 6.07) is 10.3. The minimum absolute atomic E-state index is 0.0688. The second-order valence-corrected chi connectivity index (χ2v) is 6.35. The number of nitrogens with one attached hydrogen (secondary N) is 2. The Morgan fingerprint density at radius 1 is 1.06 bits per heavy atom. The Kier molecular flexibility index (Phi) is 5.96. The molecule has 0 spiro atoms. The van der Waals surface area contributed by atoms with Gasteiger partial charge < -0.3 is 26.3 Å². The summed E-state index contributed by atoms with van der Waals surface area (Å²) in [6.45, 7) is 0.